The first kappa shape index (κ1) is 15.5. The summed E-state index contributed by atoms with van der Waals surface area (Å²) in [5.74, 6) is 0.402. The largest absolute Gasteiger partial charge is 0.328 e. The number of rotatable bonds is 4. The first-order valence-corrected chi connectivity index (χ1v) is 8.74. The van der Waals surface area contributed by atoms with Crippen LogP contribution in [0.15, 0.2) is 29.2 Å². The zero-order chi connectivity index (χ0) is 14.8. The van der Waals surface area contributed by atoms with Crippen LogP contribution in [0, 0.1) is 0 Å². The van der Waals surface area contributed by atoms with Crippen LogP contribution >= 0.6 is 0 Å². The maximum Gasteiger partial charge on any atom is 0.240 e. The molecular weight excluding hydrogens is 272 g/mol. The van der Waals surface area contributed by atoms with Crippen molar-refractivity contribution in [2.45, 2.75) is 62.4 Å². The van der Waals surface area contributed by atoms with Crippen molar-refractivity contribution in [1.29, 1.82) is 0 Å². The van der Waals surface area contributed by atoms with Crippen molar-refractivity contribution in [3.63, 3.8) is 0 Å². The second-order valence-electron chi connectivity index (χ2n) is 5.96. The minimum absolute atomic E-state index is 0.0181. The van der Waals surface area contributed by atoms with E-state index in [1.807, 2.05) is 12.1 Å². The molecule has 0 unspecified atom stereocenters. The van der Waals surface area contributed by atoms with Crippen LogP contribution in [-0.2, 0) is 10.0 Å². The summed E-state index contributed by atoms with van der Waals surface area (Å²) in [4.78, 5) is 0.344. The van der Waals surface area contributed by atoms with Gasteiger partial charge in [-0.05, 0) is 49.3 Å². The zero-order valence-corrected chi connectivity index (χ0v) is 13.0. The van der Waals surface area contributed by atoms with Gasteiger partial charge in [0.1, 0.15) is 0 Å². The summed E-state index contributed by atoms with van der Waals surface area (Å²) >= 11 is 0. The molecule has 1 fully saturated rings. The Morgan fingerprint density at radius 2 is 1.65 bits per heavy atom. The predicted molar refractivity (Wildman–Crippen MR) is 81.1 cm³/mol. The third-order valence-corrected chi connectivity index (χ3v) is 5.49. The first-order valence-electron chi connectivity index (χ1n) is 7.26. The number of hydrogen-bond acceptors (Lipinski definition) is 3. The smallest absolute Gasteiger partial charge is 0.240 e. The first-order chi connectivity index (χ1) is 9.38. The predicted octanol–water partition coefficient (Wildman–Crippen LogP) is 2.36. The molecule has 0 aliphatic heterocycles. The molecule has 2 rings (SSSR count). The maximum atomic E-state index is 12.3. The topological polar surface area (TPSA) is 72.2 Å². The van der Waals surface area contributed by atoms with Crippen LogP contribution in [0.1, 0.15) is 51.0 Å². The molecule has 0 aromatic heterocycles. The van der Waals surface area contributed by atoms with Crippen LogP contribution in [0.2, 0.25) is 0 Å². The van der Waals surface area contributed by atoms with E-state index in [1.54, 1.807) is 12.1 Å². The second kappa shape index (κ2) is 6.24. The summed E-state index contributed by atoms with van der Waals surface area (Å²) in [5.41, 5.74) is 6.99. The molecule has 3 N–H and O–H groups in total. The van der Waals surface area contributed by atoms with Gasteiger partial charge in [0.15, 0.2) is 0 Å². The number of sulfonamides is 1. The van der Waals surface area contributed by atoms with E-state index in [2.05, 4.69) is 18.6 Å². The summed E-state index contributed by atoms with van der Waals surface area (Å²) < 4.78 is 27.4. The minimum Gasteiger partial charge on any atom is -0.328 e. The molecular formula is C15H24N2O2S. The molecule has 5 heteroatoms. The van der Waals surface area contributed by atoms with E-state index in [0.717, 1.165) is 31.2 Å². The molecule has 1 aliphatic rings. The van der Waals surface area contributed by atoms with Crippen LogP contribution < -0.4 is 10.5 Å². The quantitative estimate of drug-likeness (QED) is 0.896. The average Bonchev–Trinajstić information content (AvgIpc) is 2.41. The van der Waals surface area contributed by atoms with Gasteiger partial charge < -0.3 is 5.73 Å². The van der Waals surface area contributed by atoms with Gasteiger partial charge in [-0.3, -0.25) is 0 Å². The molecule has 0 atom stereocenters. The Balaban J connectivity index is 2.06. The summed E-state index contributed by atoms with van der Waals surface area (Å²) in [6, 6.07) is 7.38. The van der Waals surface area contributed by atoms with Gasteiger partial charge >= 0.3 is 0 Å². The van der Waals surface area contributed by atoms with E-state index in [0.29, 0.717) is 10.8 Å². The standard InChI is InChI=1S/C15H24N2O2S/c1-11(2)12-3-9-15(10-4-12)20(18,19)17-14-7-5-13(16)6-8-14/h3-4,9-11,13-14,17H,5-8,16H2,1-2H3. The normalized spacial score (nSPS) is 24.0. The molecule has 4 nitrogen and oxygen atoms in total. The van der Waals surface area contributed by atoms with Gasteiger partial charge in [-0.2, -0.15) is 0 Å². The summed E-state index contributed by atoms with van der Waals surface area (Å²) in [7, 11) is -3.41. The molecule has 1 aromatic carbocycles. The Morgan fingerprint density at radius 3 is 2.15 bits per heavy atom. The van der Waals surface area contributed by atoms with Gasteiger partial charge in [0.25, 0.3) is 0 Å². The van der Waals surface area contributed by atoms with Gasteiger partial charge in [-0.1, -0.05) is 26.0 Å². The molecule has 0 bridgehead atoms. The fraction of sp³-hybridized carbons (Fsp3) is 0.600. The Morgan fingerprint density at radius 1 is 1.10 bits per heavy atom. The van der Waals surface area contributed by atoms with E-state index in [-0.39, 0.29) is 12.1 Å². The lowest BCUT2D eigenvalue weighted by atomic mass is 9.93. The Hall–Kier alpha value is -0.910. The Kier molecular flexibility index (Phi) is 4.83. The Labute approximate surface area is 121 Å². The van der Waals surface area contributed by atoms with E-state index in [9.17, 15) is 8.42 Å². The molecule has 1 aromatic rings. The number of nitrogens with one attached hydrogen (secondary N) is 1. The van der Waals surface area contributed by atoms with E-state index < -0.39 is 10.0 Å². The lowest BCUT2D eigenvalue weighted by Gasteiger charge is -2.26. The van der Waals surface area contributed by atoms with Gasteiger partial charge in [-0.15, -0.1) is 0 Å². The van der Waals surface area contributed by atoms with E-state index in [1.165, 1.54) is 0 Å². The molecule has 1 saturated carbocycles. The van der Waals surface area contributed by atoms with Crippen molar-refractivity contribution in [1.82, 2.24) is 4.72 Å². The van der Waals surface area contributed by atoms with Crippen molar-refractivity contribution >= 4 is 10.0 Å². The Bertz CT molecular complexity index is 529. The highest BCUT2D eigenvalue weighted by molar-refractivity contribution is 7.89. The van der Waals surface area contributed by atoms with Crippen molar-refractivity contribution in [3.8, 4) is 0 Å². The van der Waals surface area contributed by atoms with Crippen molar-refractivity contribution in [2.24, 2.45) is 5.73 Å². The van der Waals surface area contributed by atoms with E-state index in [4.69, 9.17) is 5.73 Å². The lowest BCUT2D eigenvalue weighted by Crippen LogP contribution is -2.40. The van der Waals surface area contributed by atoms with Crippen LogP contribution in [0.5, 0.6) is 0 Å². The third-order valence-electron chi connectivity index (χ3n) is 3.95. The van der Waals surface area contributed by atoms with Crippen LogP contribution in [0.25, 0.3) is 0 Å². The van der Waals surface area contributed by atoms with Gasteiger partial charge in [0.05, 0.1) is 4.90 Å². The van der Waals surface area contributed by atoms with Crippen molar-refractivity contribution < 1.29 is 8.42 Å². The summed E-state index contributed by atoms with van der Waals surface area (Å²) in [6.07, 6.45) is 3.42. The maximum absolute atomic E-state index is 12.3. The van der Waals surface area contributed by atoms with Gasteiger partial charge in [0.2, 0.25) is 10.0 Å². The van der Waals surface area contributed by atoms with E-state index >= 15 is 0 Å². The van der Waals surface area contributed by atoms with Gasteiger partial charge in [0, 0.05) is 12.1 Å². The highest BCUT2D eigenvalue weighted by atomic mass is 32.2. The highest BCUT2D eigenvalue weighted by Crippen LogP contribution is 2.21. The third kappa shape index (κ3) is 3.81. The molecule has 20 heavy (non-hydrogen) atoms. The molecule has 0 spiro atoms. The van der Waals surface area contributed by atoms with Crippen LogP contribution in [0.3, 0.4) is 0 Å². The van der Waals surface area contributed by atoms with Gasteiger partial charge in [-0.25, -0.2) is 13.1 Å². The highest BCUT2D eigenvalue weighted by Gasteiger charge is 2.24. The number of nitrogens with two attached hydrogens (primary N) is 1. The fourth-order valence-electron chi connectivity index (χ4n) is 2.56. The average molecular weight is 296 g/mol. The van der Waals surface area contributed by atoms with Crippen molar-refractivity contribution in [3.05, 3.63) is 29.8 Å². The lowest BCUT2D eigenvalue weighted by molar-refractivity contribution is 0.373. The molecule has 1 aliphatic carbocycles. The summed E-state index contributed by atoms with van der Waals surface area (Å²) in [5, 5.41) is 0. The molecule has 0 saturated heterocycles. The molecule has 0 amide bonds. The molecule has 0 heterocycles. The zero-order valence-electron chi connectivity index (χ0n) is 12.2. The van der Waals surface area contributed by atoms with Crippen LogP contribution in [0.4, 0.5) is 0 Å². The fourth-order valence-corrected chi connectivity index (χ4v) is 3.86. The molecule has 112 valence electrons. The second-order valence-corrected chi connectivity index (χ2v) is 7.67. The molecule has 0 radical (unpaired) electrons. The number of benzene rings is 1. The monoisotopic (exact) mass is 296 g/mol. The van der Waals surface area contributed by atoms with Crippen molar-refractivity contribution in [2.75, 3.05) is 0 Å². The SMILES string of the molecule is CC(C)c1ccc(S(=O)(=O)NC2CCC(N)CC2)cc1. The minimum atomic E-state index is -3.41. The van der Waals surface area contributed by atoms with Crippen LogP contribution in [-0.4, -0.2) is 20.5 Å². The summed E-state index contributed by atoms with van der Waals surface area (Å²) in [6.45, 7) is 4.18. The number of hydrogen-bond donors (Lipinski definition) is 2.